The van der Waals surface area contributed by atoms with Crippen LogP contribution in [0, 0.1) is 10.1 Å². The predicted molar refractivity (Wildman–Crippen MR) is 105 cm³/mol. The zero-order valence-electron chi connectivity index (χ0n) is 15.7. The smallest absolute Gasteiger partial charge is 0.310 e. The van der Waals surface area contributed by atoms with Crippen molar-refractivity contribution in [1.82, 2.24) is 9.80 Å². The molecule has 1 saturated carbocycles. The number of rotatable bonds is 6. The molecular formula is C19H28ClN3O4. The number of carbonyl (C=O) groups excluding carboxylic acids is 1. The third-order valence-electron chi connectivity index (χ3n) is 5.61. The van der Waals surface area contributed by atoms with Gasteiger partial charge in [0.05, 0.1) is 4.92 Å². The Kier molecular flexibility index (Phi) is 7.86. The van der Waals surface area contributed by atoms with E-state index in [-0.39, 0.29) is 42.4 Å². The van der Waals surface area contributed by atoms with Crippen LogP contribution in [-0.4, -0.2) is 59.5 Å². The molecule has 1 saturated heterocycles. The first-order chi connectivity index (χ1) is 12.6. The number of hydrogen-bond donors (Lipinski definition) is 0. The van der Waals surface area contributed by atoms with Gasteiger partial charge in [-0.2, -0.15) is 0 Å². The summed E-state index contributed by atoms with van der Waals surface area (Å²) in [5.74, 6) is 0.0123. The number of carbonyl (C=O) groups is 1. The van der Waals surface area contributed by atoms with Crippen molar-refractivity contribution < 1.29 is 14.5 Å². The molecule has 2 aliphatic rings. The number of nitro groups is 1. The SMILES string of the molecule is CN(C(=O)COc1ccccc1[N+](=O)[O-])[C@@H]1CCCC[C@H]1N1CCCC1.Cl. The van der Waals surface area contributed by atoms with E-state index in [1.165, 1.54) is 31.4 Å². The molecule has 0 bridgehead atoms. The highest BCUT2D eigenvalue weighted by Crippen LogP contribution is 2.30. The van der Waals surface area contributed by atoms with Gasteiger partial charge in [0.15, 0.2) is 12.4 Å². The standard InChI is InChI=1S/C19H27N3O4.ClH/c1-20(15-8-2-3-9-16(15)21-12-6-7-13-21)19(23)14-26-18-11-5-4-10-17(18)22(24)25;/h4-5,10-11,15-16H,2-3,6-9,12-14H2,1H3;1H/t15-,16-;/m1./s1. The normalized spacial score (nSPS) is 22.7. The second kappa shape index (κ2) is 9.90. The lowest BCUT2D eigenvalue weighted by Crippen LogP contribution is -2.54. The maximum Gasteiger partial charge on any atom is 0.310 e. The molecule has 3 rings (SSSR count). The molecule has 1 aliphatic carbocycles. The van der Waals surface area contributed by atoms with E-state index in [1.54, 1.807) is 17.0 Å². The number of halogens is 1. The molecule has 1 heterocycles. The Balaban J connectivity index is 0.00000261. The predicted octanol–water partition coefficient (Wildman–Crippen LogP) is 3.26. The Labute approximate surface area is 166 Å². The summed E-state index contributed by atoms with van der Waals surface area (Å²) < 4.78 is 5.49. The summed E-state index contributed by atoms with van der Waals surface area (Å²) >= 11 is 0. The van der Waals surface area contributed by atoms with Gasteiger partial charge < -0.3 is 9.64 Å². The molecule has 0 aromatic heterocycles. The van der Waals surface area contributed by atoms with E-state index < -0.39 is 4.92 Å². The molecule has 0 radical (unpaired) electrons. The largest absolute Gasteiger partial charge is 0.477 e. The van der Waals surface area contributed by atoms with E-state index in [0.717, 1.165) is 32.4 Å². The third kappa shape index (κ3) is 5.11. The first kappa shape index (κ1) is 21.4. The van der Waals surface area contributed by atoms with Crippen molar-refractivity contribution in [3.63, 3.8) is 0 Å². The van der Waals surface area contributed by atoms with E-state index >= 15 is 0 Å². The minimum absolute atomic E-state index is 0. The van der Waals surface area contributed by atoms with Gasteiger partial charge in [0.2, 0.25) is 0 Å². The Hall–Kier alpha value is -1.86. The Morgan fingerprint density at radius 3 is 2.59 bits per heavy atom. The maximum atomic E-state index is 12.7. The van der Waals surface area contributed by atoms with E-state index in [4.69, 9.17) is 4.74 Å². The van der Waals surface area contributed by atoms with Gasteiger partial charge in [-0.15, -0.1) is 12.4 Å². The van der Waals surface area contributed by atoms with Gasteiger partial charge in [0.25, 0.3) is 5.91 Å². The molecule has 1 aromatic rings. The van der Waals surface area contributed by atoms with Crippen LogP contribution < -0.4 is 4.74 Å². The number of likely N-dealkylation sites (N-methyl/N-ethyl adjacent to an activating group) is 1. The van der Waals surface area contributed by atoms with Crippen molar-refractivity contribution in [3.8, 4) is 5.75 Å². The molecule has 1 amide bonds. The molecule has 1 aliphatic heterocycles. The Morgan fingerprint density at radius 1 is 1.22 bits per heavy atom. The van der Waals surface area contributed by atoms with Crippen LogP contribution in [0.15, 0.2) is 24.3 Å². The molecule has 0 unspecified atom stereocenters. The fraction of sp³-hybridized carbons (Fsp3) is 0.632. The molecule has 2 fully saturated rings. The topological polar surface area (TPSA) is 75.9 Å². The first-order valence-electron chi connectivity index (χ1n) is 9.44. The first-order valence-corrected chi connectivity index (χ1v) is 9.44. The summed E-state index contributed by atoms with van der Waals surface area (Å²) in [5.41, 5.74) is -0.115. The molecule has 27 heavy (non-hydrogen) atoms. The van der Waals surface area contributed by atoms with Gasteiger partial charge in [-0.25, -0.2) is 0 Å². The Bertz CT molecular complexity index is 652. The van der Waals surface area contributed by atoms with Crippen LogP contribution in [0.3, 0.4) is 0 Å². The van der Waals surface area contributed by atoms with Crippen molar-refractivity contribution in [2.24, 2.45) is 0 Å². The molecule has 1 aromatic carbocycles. The van der Waals surface area contributed by atoms with E-state index in [2.05, 4.69) is 4.90 Å². The fourth-order valence-electron chi connectivity index (χ4n) is 4.20. The lowest BCUT2D eigenvalue weighted by molar-refractivity contribution is -0.385. The number of nitro benzene ring substituents is 1. The highest BCUT2D eigenvalue weighted by Gasteiger charge is 2.35. The van der Waals surface area contributed by atoms with Crippen LogP contribution in [0.5, 0.6) is 5.75 Å². The number of hydrogen-bond acceptors (Lipinski definition) is 5. The molecule has 2 atom stereocenters. The minimum Gasteiger partial charge on any atom is -0.477 e. The lowest BCUT2D eigenvalue weighted by atomic mass is 9.88. The van der Waals surface area contributed by atoms with Crippen molar-refractivity contribution in [3.05, 3.63) is 34.4 Å². The summed E-state index contributed by atoms with van der Waals surface area (Å²) in [7, 11) is 1.84. The summed E-state index contributed by atoms with van der Waals surface area (Å²) in [4.78, 5) is 27.6. The lowest BCUT2D eigenvalue weighted by Gasteiger charge is -2.42. The Morgan fingerprint density at radius 2 is 1.89 bits per heavy atom. The van der Waals surface area contributed by atoms with E-state index in [9.17, 15) is 14.9 Å². The molecule has 8 heteroatoms. The molecule has 150 valence electrons. The highest BCUT2D eigenvalue weighted by atomic mass is 35.5. The summed E-state index contributed by atoms with van der Waals surface area (Å²) in [5, 5.41) is 11.1. The van der Waals surface area contributed by atoms with Gasteiger partial charge in [0, 0.05) is 25.2 Å². The van der Waals surface area contributed by atoms with Gasteiger partial charge in [-0.05, 0) is 44.8 Å². The summed E-state index contributed by atoms with van der Waals surface area (Å²) in [6.45, 7) is 2.07. The molecule has 7 nitrogen and oxygen atoms in total. The second-order valence-electron chi connectivity index (χ2n) is 7.18. The molecular weight excluding hydrogens is 370 g/mol. The van der Waals surface area contributed by atoms with Crippen LogP contribution in [0.1, 0.15) is 38.5 Å². The summed E-state index contributed by atoms with van der Waals surface area (Å²) in [6.07, 6.45) is 6.97. The number of ether oxygens (including phenoxy) is 1. The monoisotopic (exact) mass is 397 g/mol. The van der Waals surface area contributed by atoms with Gasteiger partial charge in [-0.3, -0.25) is 19.8 Å². The second-order valence-corrected chi connectivity index (χ2v) is 7.18. The van der Waals surface area contributed by atoms with Crippen LogP contribution in [0.2, 0.25) is 0 Å². The van der Waals surface area contributed by atoms with E-state index in [1.807, 2.05) is 7.05 Å². The number of amides is 1. The van der Waals surface area contributed by atoms with Gasteiger partial charge >= 0.3 is 5.69 Å². The molecule has 0 spiro atoms. The highest BCUT2D eigenvalue weighted by molar-refractivity contribution is 5.85. The number of benzene rings is 1. The quantitative estimate of drug-likeness (QED) is 0.544. The van der Waals surface area contributed by atoms with E-state index in [0.29, 0.717) is 6.04 Å². The fourth-order valence-corrected chi connectivity index (χ4v) is 4.20. The van der Waals surface area contributed by atoms with Crippen LogP contribution in [-0.2, 0) is 4.79 Å². The third-order valence-corrected chi connectivity index (χ3v) is 5.61. The van der Waals surface area contributed by atoms with Crippen LogP contribution in [0.25, 0.3) is 0 Å². The minimum atomic E-state index is -0.492. The van der Waals surface area contributed by atoms with Crippen LogP contribution in [0.4, 0.5) is 5.69 Å². The number of para-hydroxylation sites is 2. The van der Waals surface area contributed by atoms with Gasteiger partial charge in [0.1, 0.15) is 0 Å². The van der Waals surface area contributed by atoms with Crippen molar-refractivity contribution in [2.45, 2.75) is 50.6 Å². The van der Waals surface area contributed by atoms with Gasteiger partial charge in [-0.1, -0.05) is 25.0 Å². The van der Waals surface area contributed by atoms with Crippen molar-refractivity contribution >= 4 is 24.0 Å². The zero-order valence-corrected chi connectivity index (χ0v) is 16.5. The van der Waals surface area contributed by atoms with Crippen molar-refractivity contribution in [2.75, 3.05) is 26.7 Å². The number of nitrogens with zero attached hydrogens (tertiary/aromatic N) is 3. The average Bonchev–Trinajstić information content (AvgIpc) is 3.20. The molecule has 0 N–H and O–H groups in total. The summed E-state index contributed by atoms with van der Waals surface area (Å²) in [6, 6.07) is 6.78. The maximum absolute atomic E-state index is 12.7. The van der Waals surface area contributed by atoms with Crippen LogP contribution >= 0.6 is 12.4 Å². The average molecular weight is 398 g/mol. The zero-order chi connectivity index (χ0) is 18.5. The van der Waals surface area contributed by atoms with Crippen molar-refractivity contribution in [1.29, 1.82) is 0 Å². The number of likely N-dealkylation sites (tertiary alicyclic amines) is 1.